The first kappa shape index (κ1) is 17.1. The molecule has 0 saturated heterocycles. The van der Waals surface area contributed by atoms with E-state index in [2.05, 4.69) is 11.9 Å². The lowest BCUT2D eigenvalue weighted by molar-refractivity contribution is 0.224. The van der Waals surface area contributed by atoms with Crippen LogP contribution >= 0.6 is 11.6 Å². The molecule has 0 fully saturated rings. The summed E-state index contributed by atoms with van der Waals surface area (Å²) in [7, 11) is 0. The van der Waals surface area contributed by atoms with Crippen LogP contribution in [0.25, 0.3) is 0 Å². The van der Waals surface area contributed by atoms with E-state index in [-0.39, 0.29) is 16.5 Å². The minimum Gasteiger partial charge on any atom is -0.506 e. The van der Waals surface area contributed by atoms with Gasteiger partial charge in [0.05, 0.1) is 34.4 Å². The lowest BCUT2D eigenvalue weighted by Gasteiger charge is -2.15. The largest absolute Gasteiger partial charge is 0.506 e. The van der Waals surface area contributed by atoms with Gasteiger partial charge in [0, 0.05) is 6.08 Å². The van der Waals surface area contributed by atoms with Gasteiger partial charge >= 0.3 is 0 Å². The molecule has 23 heavy (non-hydrogen) atoms. The van der Waals surface area contributed by atoms with E-state index >= 15 is 0 Å². The number of hydrogen-bond donors (Lipinski definition) is 3. The molecule has 6 heteroatoms. The number of hydrogen-bond acceptors (Lipinski definition) is 5. The lowest BCUT2D eigenvalue weighted by Crippen LogP contribution is -2.19. The molecule has 0 radical (unpaired) electrons. The highest BCUT2D eigenvalue weighted by Gasteiger charge is 2.15. The van der Waals surface area contributed by atoms with E-state index < -0.39 is 0 Å². The molecule has 5 nitrogen and oxygen atoms in total. The molecule has 0 aromatic heterocycles. The summed E-state index contributed by atoms with van der Waals surface area (Å²) in [6, 6.07) is 4.65. The highest BCUT2D eigenvalue weighted by atomic mass is 35.5. The highest BCUT2D eigenvalue weighted by Crippen LogP contribution is 2.28. The van der Waals surface area contributed by atoms with Crippen molar-refractivity contribution in [2.24, 2.45) is 10.7 Å². The summed E-state index contributed by atoms with van der Waals surface area (Å²) in [6.45, 7) is 2.69. The van der Waals surface area contributed by atoms with E-state index in [1.165, 1.54) is 12.1 Å². The van der Waals surface area contributed by atoms with Gasteiger partial charge in [-0.05, 0) is 30.7 Å². The van der Waals surface area contributed by atoms with Crippen molar-refractivity contribution in [1.82, 2.24) is 0 Å². The van der Waals surface area contributed by atoms with Crippen molar-refractivity contribution in [2.45, 2.75) is 26.2 Å². The van der Waals surface area contributed by atoms with Crippen LogP contribution in [0.4, 0.5) is 5.69 Å². The van der Waals surface area contributed by atoms with Crippen molar-refractivity contribution < 1.29 is 9.84 Å². The quantitative estimate of drug-likeness (QED) is 0.541. The van der Waals surface area contributed by atoms with E-state index in [1.54, 1.807) is 18.2 Å². The molecule has 0 unspecified atom stereocenters. The number of halogens is 1. The van der Waals surface area contributed by atoms with E-state index in [0.717, 1.165) is 19.3 Å². The van der Waals surface area contributed by atoms with Crippen LogP contribution in [0.3, 0.4) is 0 Å². The third-order valence-electron chi connectivity index (χ3n) is 3.32. The van der Waals surface area contributed by atoms with Gasteiger partial charge in [-0.15, -0.1) is 0 Å². The van der Waals surface area contributed by atoms with Crippen molar-refractivity contribution in [3.8, 4) is 5.75 Å². The number of ether oxygens (including phenoxy) is 1. The van der Waals surface area contributed by atoms with Crippen LogP contribution in [0, 0.1) is 5.41 Å². The topological polar surface area (TPSA) is 91.7 Å². The third kappa shape index (κ3) is 4.60. The Bertz CT molecular complexity index is 693. The molecule has 1 aromatic carbocycles. The van der Waals surface area contributed by atoms with E-state index in [4.69, 9.17) is 27.5 Å². The Morgan fingerprint density at radius 2 is 2.09 bits per heavy atom. The van der Waals surface area contributed by atoms with Crippen LogP contribution in [0.15, 0.2) is 46.8 Å². The molecule has 0 heterocycles. The van der Waals surface area contributed by atoms with Crippen LogP contribution in [0.2, 0.25) is 5.02 Å². The van der Waals surface area contributed by atoms with Crippen molar-refractivity contribution in [3.05, 3.63) is 46.8 Å². The van der Waals surface area contributed by atoms with Gasteiger partial charge in [-0.1, -0.05) is 31.4 Å². The molecule has 2 rings (SSSR count). The van der Waals surface area contributed by atoms with Crippen molar-refractivity contribution >= 4 is 28.7 Å². The summed E-state index contributed by atoms with van der Waals surface area (Å²) in [6.07, 6.45) is 6.33. The van der Waals surface area contributed by atoms with Gasteiger partial charge in [0.2, 0.25) is 0 Å². The van der Waals surface area contributed by atoms with Crippen molar-refractivity contribution in [2.75, 3.05) is 6.61 Å². The highest BCUT2D eigenvalue weighted by molar-refractivity contribution is 6.32. The number of allylic oxidation sites excluding steroid dienone is 2. The number of unbranched alkanes of at least 4 members (excludes halogenated alkanes) is 2. The maximum absolute atomic E-state index is 9.44. The number of benzene rings is 1. The monoisotopic (exact) mass is 333 g/mol. The zero-order valence-corrected chi connectivity index (χ0v) is 13.7. The van der Waals surface area contributed by atoms with Gasteiger partial charge in [0.15, 0.2) is 0 Å². The molecule has 0 spiro atoms. The summed E-state index contributed by atoms with van der Waals surface area (Å²) in [5.74, 6) is 0.457. The fourth-order valence-electron chi connectivity index (χ4n) is 2.04. The maximum Gasteiger partial charge on any atom is 0.146 e. The first-order valence-electron chi connectivity index (χ1n) is 7.49. The molecule has 0 bridgehead atoms. The fraction of sp³-hybridized carbons (Fsp3) is 0.294. The van der Waals surface area contributed by atoms with Gasteiger partial charge in [-0.3, -0.25) is 5.41 Å². The average molecular weight is 334 g/mol. The van der Waals surface area contributed by atoms with E-state index in [9.17, 15) is 5.11 Å². The second kappa shape index (κ2) is 7.83. The predicted molar refractivity (Wildman–Crippen MR) is 93.8 cm³/mol. The molecule has 1 aromatic rings. The third-order valence-corrected chi connectivity index (χ3v) is 3.62. The molecule has 122 valence electrons. The number of nitrogens with one attached hydrogen (secondary N) is 1. The Labute approximate surface area is 140 Å². The summed E-state index contributed by atoms with van der Waals surface area (Å²) in [5, 5.41) is 17.6. The van der Waals surface area contributed by atoms with Crippen molar-refractivity contribution in [3.63, 3.8) is 0 Å². The van der Waals surface area contributed by atoms with Crippen LogP contribution in [0.5, 0.6) is 5.75 Å². The summed E-state index contributed by atoms with van der Waals surface area (Å²) < 4.78 is 5.65. The number of nitrogens with zero attached hydrogens (tertiary/aromatic N) is 1. The fourth-order valence-corrected chi connectivity index (χ4v) is 2.22. The number of aliphatic imine (C=N–C) groups is 1. The van der Waals surface area contributed by atoms with Crippen LogP contribution in [-0.4, -0.2) is 23.1 Å². The van der Waals surface area contributed by atoms with Crippen LogP contribution < -0.4 is 5.73 Å². The average Bonchev–Trinajstić information content (AvgIpc) is 2.51. The number of phenolic OH excluding ortho intramolecular Hbond substituents is 1. The van der Waals surface area contributed by atoms with Gasteiger partial charge in [-0.25, -0.2) is 4.99 Å². The normalized spacial score (nSPS) is 16.3. The Hall–Kier alpha value is -2.27. The maximum atomic E-state index is 9.44. The molecule has 0 atom stereocenters. The first-order chi connectivity index (χ1) is 11.0. The molecule has 4 N–H and O–H groups in total. The SMILES string of the molecule is CCCCCOC1=C/C(=N/c2ccc(O)c(Cl)c2)C(N)=CC1=N. The minimum atomic E-state index is 0.0000382. The number of nitrogens with two attached hydrogens (primary N) is 1. The van der Waals surface area contributed by atoms with Crippen LogP contribution in [-0.2, 0) is 4.74 Å². The molecule has 0 aliphatic heterocycles. The predicted octanol–water partition coefficient (Wildman–Crippen LogP) is 4.08. The Kier molecular flexibility index (Phi) is 5.82. The van der Waals surface area contributed by atoms with Gasteiger partial charge in [0.1, 0.15) is 11.5 Å². The summed E-state index contributed by atoms with van der Waals surface area (Å²) in [4.78, 5) is 4.40. The van der Waals surface area contributed by atoms with Crippen LogP contribution in [0.1, 0.15) is 26.2 Å². The Balaban J connectivity index is 2.19. The zero-order valence-electron chi connectivity index (χ0n) is 13.0. The molecule has 1 aliphatic rings. The molecule has 1 aliphatic carbocycles. The second-order valence-electron chi connectivity index (χ2n) is 5.21. The van der Waals surface area contributed by atoms with Gasteiger partial charge < -0.3 is 15.6 Å². The summed E-state index contributed by atoms with van der Waals surface area (Å²) in [5.41, 5.74) is 7.63. The Morgan fingerprint density at radius 1 is 1.30 bits per heavy atom. The molecular weight excluding hydrogens is 314 g/mol. The van der Waals surface area contributed by atoms with Crippen molar-refractivity contribution in [1.29, 1.82) is 5.41 Å². The lowest BCUT2D eigenvalue weighted by atomic mass is 10.1. The molecule has 0 saturated carbocycles. The van der Waals surface area contributed by atoms with E-state index in [1.807, 2.05) is 0 Å². The Morgan fingerprint density at radius 3 is 2.78 bits per heavy atom. The first-order valence-corrected chi connectivity index (χ1v) is 7.87. The molecular formula is C17H20ClN3O2. The van der Waals surface area contributed by atoms with Gasteiger partial charge in [0.25, 0.3) is 0 Å². The minimum absolute atomic E-state index is 0.0000382. The smallest absolute Gasteiger partial charge is 0.146 e. The zero-order chi connectivity index (χ0) is 16.8. The molecule has 0 amide bonds. The number of phenols is 1. The number of aromatic hydroxyl groups is 1. The van der Waals surface area contributed by atoms with Gasteiger partial charge in [-0.2, -0.15) is 0 Å². The number of rotatable bonds is 6. The van der Waals surface area contributed by atoms with E-state index in [0.29, 0.717) is 29.5 Å². The second-order valence-corrected chi connectivity index (χ2v) is 5.62. The summed E-state index contributed by atoms with van der Waals surface area (Å²) >= 11 is 5.88. The standard InChI is InChI=1S/C17H20ClN3O2/c1-2-3-4-7-23-17-10-15(13(19)9-14(17)20)21-11-5-6-16(22)12(18)8-11/h5-6,8-10,20,22H,2-4,7,19H2,1H3/b20-14?,21-15-.